The zero-order valence-corrected chi connectivity index (χ0v) is 15.4. The highest BCUT2D eigenvalue weighted by molar-refractivity contribution is 6.03. The van der Waals surface area contributed by atoms with Gasteiger partial charge in [-0.2, -0.15) is 0 Å². The summed E-state index contributed by atoms with van der Waals surface area (Å²) in [7, 11) is 1.54. The Morgan fingerprint density at radius 3 is 2.33 bits per heavy atom. The third-order valence-corrected chi connectivity index (χ3v) is 4.49. The Bertz CT molecular complexity index is 998. The smallest absolute Gasteiger partial charge is 0.257 e. The van der Waals surface area contributed by atoms with E-state index in [1.165, 1.54) is 4.90 Å². The van der Waals surface area contributed by atoms with Crippen molar-refractivity contribution in [2.45, 2.75) is 13.3 Å². The number of amides is 2. The summed E-state index contributed by atoms with van der Waals surface area (Å²) in [4.78, 5) is 26.4. The number of anilines is 1. The second-order valence-corrected chi connectivity index (χ2v) is 6.44. The highest BCUT2D eigenvalue weighted by Crippen LogP contribution is 2.26. The van der Waals surface area contributed by atoms with Crippen LogP contribution in [0.15, 0.2) is 60.7 Å². The van der Waals surface area contributed by atoms with Crippen molar-refractivity contribution in [1.82, 2.24) is 4.90 Å². The Morgan fingerprint density at radius 1 is 1.00 bits per heavy atom. The van der Waals surface area contributed by atoms with Gasteiger partial charge in [0.05, 0.1) is 12.1 Å². The molecular weight excluding hydrogens is 340 g/mol. The number of rotatable bonds is 5. The number of carbonyl (C=O) groups excluding carboxylic acids is 2. The van der Waals surface area contributed by atoms with Gasteiger partial charge in [-0.1, -0.05) is 49.4 Å². The molecule has 0 aliphatic heterocycles. The molecule has 2 N–H and O–H groups in total. The molecule has 3 rings (SSSR count). The minimum absolute atomic E-state index is 0.0951. The lowest BCUT2D eigenvalue weighted by atomic mass is 10.1. The van der Waals surface area contributed by atoms with Crippen molar-refractivity contribution in [3.05, 3.63) is 71.8 Å². The molecule has 5 nitrogen and oxygen atoms in total. The van der Waals surface area contributed by atoms with Crippen LogP contribution in [0.5, 0.6) is 5.75 Å². The van der Waals surface area contributed by atoms with Crippen LogP contribution in [0.3, 0.4) is 0 Å². The number of likely N-dealkylation sites (N-methyl/N-ethyl adjacent to an activating group) is 1. The summed E-state index contributed by atoms with van der Waals surface area (Å²) >= 11 is 0. The molecule has 0 saturated carbocycles. The van der Waals surface area contributed by atoms with Crippen molar-refractivity contribution in [2.24, 2.45) is 0 Å². The van der Waals surface area contributed by atoms with Gasteiger partial charge in [0.15, 0.2) is 0 Å². The van der Waals surface area contributed by atoms with Gasteiger partial charge in [0.1, 0.15) is 5.75 Å². The maximum Gasteiger partial charge on any atom is 0.257 e. The van der Waals surface area contributed by atoms with Crippen LogP contribution in [-0.4, -0.2) is 35.4 Å². The first-order chi connectivity index (χ1) is 13.0. The average Bonchev–Trinajstić information content (AvgIpc) is 2.67. The van der Waals surface area contributed by atoms with E-state index in [4.69, 9.17) is 0 Å². The van der Waals surface area contributed by atoms with Gasteiger partial charge in [0.25, 0.3) is 5.91 Å². The van der Waals surface area contributed by atoms with Crippen LogP contribution in [-0.2, 0) is 11.2 Å². The number of carbonyl (C=O) groups is 2. The summed E-state index contributed by atoms with van der Waals surface area (Å²) < 4.78 is 0. The van der Waals surface area contributed by atoms with Crippen LogP contribution >= 0.6 is 0 Å². The number of nitrogens with one attached hydrogen (secondary N) is 1. The fraction of sp³-hybridized carbons (Fsp3) is 0.182. The van der Waals surface area contributed by atoms with Gasteiger partial charge in [-0.3, -0.25) is 9.59 Å². The average molecular weight is 362 g/mol. The van der Waals surface area contributed by atoms with Crippen molar-refractivity contribution in [3.8, 4) is 5.75 Å². The van der Waals surface area contributed by atoms with E-state index in [9.17, 15) is 14.7 Å². The molecule has 5 heteroatoms. The fourth-order valence-electron chi connectivity index (χ4n) is 3.03. The van der Waals surface area contributed by atoms with Crippen LogP contribution in [0.25, 0.3) is 10.8 Å². The summed E-state index contributed by atoms with van der Waals surface area (Å²) in [6, 6.07) is 18.3. The molecule has 0 atom stereocenters. The van der Waals surface area contributed by atoms with Gasteiger partial charge in [-0.05, 0) is 41.0 Å². The lowest BCUT2D eigenvalue weighted by molar-refractivity contribution is -0.116. The third-order valence-electron chi connectivity index (χ3n) is 4.49. The Balaban J connectivity index is 1.74. The van der Waals surface area contributed by atoms with Crippen molar-refractivity contribution in [3.63, 3.8) is 0 Å². The molecule has 27 heavy (non-hydrogen) atoms. The van der Waals surface area contributed by atoms with Gasteiger partial charge < -0.3 is 15.3 Å². The van der Waals surface area contributed by atoms with Crippen LogP contribution in [0.2, 0.25) is 0 Å². The molecule has 0 fully saturated rings. The van der Waals surface area contributed by atoms with Gasteiger partial charge in [0, 0.05) is 12.7 Å². The highest BCUT2D eigenvalue weighted by atomic mass is 16.3. The quantitative estimate of drug-likeness (QED) is 0.725. The molecule has 0 saturated heterocycles. The lowest BCUT2D eigenvalue weighted by Crippen LogP contribution is -2.35. The number of fused-ring (bicyclic) bond motifs is 1. The van der Waals surface area contributed by atoms with E-state index in [1.807, 2.05) is 55.5 Å². The molecular formula is C22H22N2O3. The zero-order chi connectivity index (χ0) is 19.4. The summed E-state index contributed by atoms with van der Waals surface area (Å²) in [5.74, 6) is -0.786. The van der Waals surface area contributed by atoms with E-state index in [0.717, 1.165) is 28.4 Å². The summed E-state index contributed by atoms with van der Waals surface area (Å²) in [5.41, 5.74) is 1.96. The SMILES string of the molecule is CCc1ccccc1NC(=O)CN(C)C(=O)c1cc2ccccc2cc1O. The predicted octanol–water partition coefficient (Wildman–Crippen LogP) is 3.82. The van der Waals surface area contributed by atoms with Crippen molar-refractivity contribution in [1.29, 1.82) is 0 Å². The Labute approximate surface area is 158 Å². The summed E-state index contributed by atoms with van der Waals surface area (Å²) in [6.45, 7) is 1.91. The van der Waals surface area contributed by atoms with E-state index in [-0.39, 0.29) is 23.8 Å². The third kappa shape index (κ3) is 4.08. The van der Waals surface area contributed by atoms with Crippen LogP contribution in [0.1, 0.15) is 22.8 Å². The van der Waals surface area contributed by atoms with E-state index in [2.05, 4.69) is 5.32 Å². The number of aromatic hydroxyl groups is 1. The molecule has 0 aromatic heterocycles. The second kappa shape index (κ2) is 7.91. The van der Waals surface area contributed by atoms with Crippen molar-refractivity contribution < 1.29 is 14.7 Å². The van der Waals surface area contributed by atoms with E-state index < -0.39 is 5.91 Å². The first-order valence-corrected chi connectivity index (χ1v) is 8.84. The Morgan fingerprint density at radius 2 is 1.63 bits per heavy atom. The van der Waals surface area contributed by atoms with Gasteiger partial charge in [-0.25, -0.2) is 0 Å². The molecule has 0 bridgehead atoms. The number of aryl methyl sites for hydroxylation is 1. The number of nitrogens with zero attached hydrogens (tertiary/aromatic N) is 1. The number of hydrogen-bond acceptors (Lipinski definition) is 3. The largest absolute Gasteiger partial charge is 0.507 e. The molecule has 0 spiro atoms. The normalized spacial score (nSPS) is 10.6. The minimum Gasteiger partial charge on any atom is -0.507 e. The molecule has 0 unspecified atom stereocenters. The van der Waals surface area contributed by atoms with E-state index >= 15 is 0 Å². The Hall–Kier alpha value is -3.34. The topological polar surface area (TPSA) is 69.6 Å². The van der Waals surface area contributed by atoms with Gasteiger partial charge >= 0.3 is 0 Å². The lowest BCUT2D eigenvalue weighted by Gasteiger charge is -2.18. The van der Waals surface area contributed by atoms with Crippen LogP contribution < -0.4 is 5.32 Å². The fourth-order valence-corrected chi connectivity index (χ4v) is 3.03. The molecule has 0 heterocycles. The predicted molar refractivity (Wildman–Crippen MR) is 107 cm³/mol. The first-order valence-electron chi connectivity index (χ1n) is 8.84. The van der Waals surface area contributed by atoms with Crippen LogP contribution in [0, 0.1) is 0 Å². The number of benzene rings is 3. The highest BCUT2D eigenvalue weighted by Gasteiger charge is 2.19. The minimum atomic E-state index is -0.405. The molecule has 0 radical (unpaired) electrons. The number of para-hydroxylation sites is 1. The monoisotopic (exact) mass is 362 g/mol. The maximum absolute atomic E-state index is 12.7. The van der Waals surface area contributed by atoms with Crippen molar-refractivity contribution >= 4 is 28.3 Å². The molecule has 0 aliphatic rings. The molecule has 3 aromatic carbocycles. The summed E-state index contributed by atoms with van der Waals surface area (Å²) in [6.07, 6.45) is 0.802. The second-order valence-electron chi connectivity index (χ2n) is 6.44. The molecule has 138 valence electrons. The number of phenols is 1. The summed E-state index contributed by atoms with van der Waals surface area (Å²) in [5, 5.41) is 14.8. The molecule has 0 aliphatic carbocycles. The number of phenolic OH excluding ortho intramolecular Hbond substituents is 1. The zero-order valence-electron chi connectivity index (χ0n) is 15.4. The molecule has 2 amide bonds. The van der Waals surface area contributed by atoms with E-state index in [1.54, 1.807) is 19.2 Å². The number of hydrogen-bond donors (Lipinski definition) is 2. The van der Waals surface area contributed by atoms with Gasteiger partial charge in [0.2, 0.25) is 5.91 Å². The standard InChI is InChI=1S/C22H22N2O3/c1-3-15-8-6-7-11-19(15)23-21(26)14-24(2)22(27)18-12-16-9-4-5-10-17(16)13-20(18)25/h4-13,25H,3,14H2,1-2H3,(H,23,26). The van der Waals surface area contributed by atoms with E-state index in [0.29, 0.717) is 0 Å². The molecule has 3 aromatic rings. The Kier molecular flexibility index (Phi) is 5.41. The maximum atomic E-state index is 12.7. The van der Waals surface area contributed by atoms with Gasteiger partial charge in [-0.15, -0.1) is 0 Å². The van der Waals surface area contributed by atoms with Crippen molar-refractivity contribution in [2.75, 3.05) is 18.9 Å². The first kappa shape index (κ1) is 18.5. The van der Waals surface area contributed by atoms with Crippen LogP contribution in [0.4, 0.5) is 5.69 Å².